The van der Waals surface area contributed by atoms with E-state index in [1.165, 1.54) is 7.05 Å². The molecule has 142 valence electrons. The van der Waals surface area contributed by atoms with E-state index in [2.05, 4.69) is 27.5 Å². The highest BCUT2D eigenvalue weighted by Gasteiger charge is 2.35. The van der Waals surface area contributed by atoms with Crippen LogP contribution in [-0.2, 0) is 19.8 Å². The minimum absolute atomic E-state index is 0.0828. The molecule has 0 spiro atoms. The normalized spacial score (nSPS) is 18.2. The first-order valence-corrected chi connectivity index (χ1v) is 8.24. The van der Waals surface area contributed by atoms with Crippen molar-refractivity contribution in [1.82, 2.24) is 25.2 Å². The molecule has 1 atom stereocenters. The number of nitrogens with one attached hydrogen (secondary N) is 1. The molecule has 1 unspecified atom stereocenters. The third-order valence-electron chi connectivity index (χ3n) is 4.32. The van der Waals surface area contributed by atoms with E-state index < -0.39 is 17.8 Å². The van der Waals surface area contributed by atoms with Crippen molar-refractivity contribution in [2.45, 2.75) is 44.9 Å². The molecule has 1 saturated heterocycles. The second kappa shape index (κ2) is 6.96. The molecule has 1 aliphatic rings. The van der Waals surface area contributed by atoms with Crippen LogP contribution in [0.15, 0.2) is 10.6 Å². The number of rotatable bonds is 4. The minimum atomic E-state index is -4.61. The molecule has 0 saturated carbocycles. The number of carbonyl (C=O) groups excluding carboxylic acids is 1. The second-order valence-electron chi connectivity index (χ2n) is 6.25. The van der Waals surface area contributed by atoms with Gasteiger partial charge in [-0.15, -0.1) is 0 Å². The predicted molar refractivity (Wildman–Crippen MR) is 84.3 cm³/mol. The zero-order valence-corrected chi connectivity index (χ0v) is 14.4. The Hall–Kier alpha value is -2.59. The van der Waals surface area contributed by atoms with Crippen molar-refractivity contribution < 1.29 is 22.5 Å². The Balaban J connectivity index is 1.63. The van der Waals surface area contributed by atoms with Gasteiger partial charge >= 0.3 is 6.18 Å². The van der Waals surface area contributed by atoms with Crippen molar-refractivity contribution in [3.05, 3.63) is 23.3 Å². The summed E-state index contributed by atoms with van der Waals surface area (Å²) < 4.78 is 44.0. The lowest BCUT2D eigenvalue weighted by molar-refractivity contribution is -0.141. The quantitative estimate of drug-likeness (QED) is 0.885. The van der Waals surface area contributed by atoms with E-state index in [9.17, 15) is 18.0 Å². The first kappa shape index (κ1) is 18.2. The van der Waals surface area contributed by atoms with Gasteiger partial charge in [0.1, 0.15) is 5.69 Å². The average molecular weight is 372 g/mol. The Bertz CT molecular complexity index is 785. The van der Waals surface area contributed by atoms with Crippen LogP contribution in [0.5, 0.6) is 0 Å². The van der Waals surface area contributed by atoms with Gasteiger partial charge in [0, 0.05) is 25.7 Å². The van der Waals surface area contributed by atoms with Crippen LogP contribution in [0.3, 0.4) is 0 Å². The van der Waals surface area contributed by atoms with E-state index in [1.807, 2.05) is 4.90 Å². The van der Waals surface area contributed by atoms with Crippen molar-refractivity contribution in [3.63, 3.8) is 0 Å². The van der Waals surface area contributed by atoms with Crippen LogP contribution in [0.4, 0.5) is 19.1 Å². The molecule has 3 rings (SSSR count). The first-order valence-electron chi connectivity index (χ1n) is 8.24. The van der Waals surface area contributed by atoms with E-state index in [0.717, 1.165) is 30.5 Å². The van der Waals surface area contributed by atoms with Crippen molar-refractivity contribution in [2.24, 2.45) is 7.05 Å². The molecule has 8 nitrogen and oxygen atoms in total. The van der Waals surface area contributed by atoms with E-state index in [4.69, 9.17) is 4.52 Å². The highest BCUT2D eigenvalue weighted by molar-refractivity contribution is 5.92. The maximum Gasteiger partial charge on any atom is 0.435 e. The lowest BCUT2D eigenvalue weighted by atomic mass is 10.0. The van der Waals surface area contributed by atoms with Crippen LogP contribution in [0, 0.1) is 0 Å². The molecule has 1 amide bonds. The maximum absolute atomic E-state index is 12.7. The summed E-state index contributed by atoms with van der Waals surface area (Å²) in [5, 5.41) is 9.69. The van der Waals surface area contributed by atoms with Gasteiger partial charge in [-0.1, -0.05) is 0 Å². The van der Waals surface area contributed by atoms with Crippen molar-refractivity contribution >= 4 is 11.9 Å². The summed E-state index contributed by atoms with van der Waals surface area (Å²) in [6.07, 6.45) is -1.36. The van der Waals surface area contributed by atoms with Crippen LogP contribution in [0.25, 0.3) is 0 Å². The van der Waals surface area contributed by atoms with Gasteiger partial charge in [-0.25, -0.2) is 0 Å². The molecule has 1 N–H and O–H groups in total. The van der Waals surface area contributed by atoms with Crippen molar-refractivity contribution in [3.8, 4) is 0 Å². The fourth-order valence-electron chi connectivity index (χ4n) is 2.89. The minimum Gasteiger partial charge on any atom is -0.342 e. The van der Waals surface area contributed by atoms with Gasteiger partial charge in [0.15, 0.2) is 5.69 Å². The molecule has 0 bridgehead atoms. The van der Waals surface area contributed by atoms with Crippen LogP contribution in [-0.4, -0.2) is 38.4 Å². The molecule has 2 aromatic rings. The topological polar surface area (TPSA) is 89.1 Å². The zero-order chi connectivity index (χ0) is 18.9. The summed E-state index contributed by atoms with van der Waals surface area (Å²) in [6, 6.07) is 1.00. The Morgan fingerprint density at radius 3 is 2.85 bits per heavy atom. The fraction of sp³-hybridized carbons (Fsp3) is 0.600. The maximum atomic E-state index is 12.7. The number of carbonyl (C=O) groups is 1. The van der Waals surface area contributed by atoms with E-state index in [1.54, 1.807) is 0 Å². The largest absolute Gasteiger partial charge is 0.435 e. The van der Waals surface area contributed by atoms with Crippen molar-refractivity contribution in [1.29, 1.82) is 0 Å². The molecular formula is C15H19F3N6O2. The number of hydrogen-bond acceptors (Lipinski definition) is 6. The number of halogens is 3. The van der Waals surface area contributed by atoms with E-state index in [0.29, 0.717) is 18.1 Å². The third-order valence-corrected chi connectivity index (χ3v) is 4.32. The first-order chi connectivity index (χ1) is 12.3. The summed E-state index contributed by atoms with van der Waals surface area (Å²) in [6.45, 7) is 2.83. The van der Waals surface area contributed by atoms with Crippen LogP contribution in [0.2, 0.25) is 0 Å². The van der Waals surface area contributed by atoms with Gasteiger partial charge in [0.05, 0.1) is 6.54 Å². The SMILES string of the molecule is CC1CCCCN1c1noc(CNC(=O)c2cc(C(F)(F)F)nn2C)n1. The summed E-state index contributed by atoms with van der Waals surface area (Å²) in [7, 11) is 1.27. The predicted octanol–water partition coefficient (Wildman–Crippen LogP) is 2.13. The standard InChI is InChI=1S/C15H19F3N6O2/c1-9-5-3-4-6-24(9)14-20-12(26-22-14)8-19-13(25)10-7-11(15(16,17)18)21-23(10)2/h7,9H,3-6,8H2,1-2H3,(H,19,25). The number of aryl methyl sites for hydroxylation is 1. The van der Waals surface area contributed by atoms with Crippen LogP contribution < -0.4 is 10.2 Å². The number of anilines is 1. The summed E-state index contributed by atoms with van der Waals surface area (Å²) in [4.78, 5) is 18.4. The van der Waals surface area contributed by atoms with E-state index >= 15 is 0 Å². The molecule has 0 aromatic carbocycles. The molecular weight excluding hydrogens is 353 g/mol. The van der Waals surface area contributed by atoms with Crippen molar-refractivity contribution in [2.75, 3.05) is 11.4 Å². The Kier molecular flexibility index (Phi) is 4.88. The number of nitrogens with zero attached hydrogens (tertiary/aromatic N) is 5. The monoisotopic (exact) mass is 372 g/mol. The van der Waals surface area contributed by atoms with E-state index in [-0.39, 0.29) is 18.1 Å². The Morgan fingerprint density at radius 2 is 2.19 bits per heavy atom. The average Bonchev–Trinajstić information content (AvgIpc) is 3.19. The fourth-order valence-corrected chi connectivity index (χ4v) is 2.89. The van der Waals surface area contributed by atoms with Gasteiger partial charge in [-0.2, -0.15) is 23.3 Å². The molecule has 0 aliphatic carbocycles. The summed E-state index contributed by atoms with van der Waals surface area (Å²) in [5.41, 5.74) is -1.33. The molecule has 26 heavy (non-hydrogen) atoms. The molecule has 11 heteroatoms. The Labute approximate surface area is 147 Å². The summed E-state index contributed by atoms with van der Waals surface area (Å²) in [5.74, 6) is -0.0627. The smallest absolute Gasteiger partial charge is 0.342 e. The highest BCUT2D eigenvalue weighted by atomic mass is 19.4. The number of aromatic nitrogens is 4. The van der Waals surface area contributed by atoms with Gasteiger partial charge in [0.2, 0.25) is 5.89 Å². The lowest BCUT2D eigenvalue weighted by Gasteiger charge is -2.31. The van der Waals surface area contributed by atoms with Crippen LogP contribution in [0.1, 0.15) is 48.3 Å². The van der Waals surface area contributed by atoms with Gasteiger partial charge in [0.25, 0.3) is 11.9 Å². The molecule has 1 fully saturated rings. The van der Waals surface area contributed by atoms with Crippen LogP contribution >= 0.6 is 0 Å². The number of amides is 1. The lowest BCUT2D eigenvalue weighted by Crippen LogP contribution is -2.38. The zero-order valence-electron chi connectivity index (χ0n) is 14.4. The van der Waals surface area contributed by atoms with Gasteiger partial charge < -0.3 is 14.7 Å². The summed E-state index contributed by atoms with van der Waals surface area (Å²) >= 11 is 0. The Morgan fingerprint density at radius 1 is 1.42 bits per heavy atom. The van der Waals surface area contributed by atoms with Gasteiger partial charge in [-0.05, 0) is 31.3 Å². The number of piperidine rings is 1. The second-order valence-corrected chi connectivity index (χ2v) is 6.25. The number of alkyl halides is 3. The molecule has 2 aromatic heterocycles. The van der Waals surface area contributed by atoms with Gasteiger partial charge in [-0.3, -0.25) is 9.48 Å². The molecule has 0 radical (unpaired) electrons. The molecule has 1 aliphatic heterocycles. The third kappa shape index (κ3) is 3.81. The highest BCUT2D eigenvalue weighted by Crippen LogP contribution is 2.28. The molecule has 3 heterocycles. The number of hydrogen-bond donors (Lipinski definition) is 1.